The van der Waals surface area contributed by atoms with E-state index in [9.17, 15) is 0 Å². The van der Waals surface area contributed by atoms with Crippen LogP contribution in [0.1, 0.15) is 25.0 Å². The molecule has 1 rings (SSSR count). The summed E-state index contributed by atoms with van der Waals surface area (Å²) in [5.74, 6) is 0. The Morgan fingerprint density at radius 2 is 2.14 bits per heavy atom. The van der Waals surface area contributed by atoms with E-state index >= 15 is 0 Å². The number of rotatable bonds is 2. The highest BCUT2D eigenvalue weighted by atomic mass is 79.9. The van der Waals surface area contributed by atoms with Crippen LogP contribution in [-0.2, 0) is 0 Å². The molecule has 76 valence electrons. The smallest absolute Gasteiger partial charge is 0.0225 e. The SMILES string of the molecule is C/C(=C\c1ccc(Br)c(C)c1)C(C)N. The molecule has 0 amide bonds. The molecule has 0 heterocycles. The van der Waals surface area contributed by atoms with Gasteiger partial charge in [-0.15, -0.1) is 0 Å². The van der Waals surface area contributed by atoms with Crippen molar-refractivity contribution < 1.29 is 0 Å². The van der Waals surface area contributed by atoms with Crippen LogP contribution in [0.5, 0.6) is 0 Å². The lowest BCUT2D eigenvalue weighted by Crippen LogP contribution is -2.15. The molecule has 0 saturated carbocycles. The van der Waals surface area contributed by atoms with E-state index in [0.717, 1.165) is 4.47 Å². The van der Waals surface area contributed by atoms with Crippen LogP contribution < -0.4 is 5.73 Å². The third kappa shape index (κ3) is 2.96. The molecule has 2 heteroatoms. The molecule has 1 aromatic carbocycles. The van der Waals surface area contributed by atoms with Crippen LogP contribution in [-0.4, -0.2) is 6.04 Å². The first-order valence-electron chi connectivity index (χ1n) is 4.70. The molecule has 1 nitrogen and oxygen atoms in total. The molecule has 1 atom stereocenters. The fourth-order valence-corrected chi connectivity index (χ4v) is 1.40. The molecule has 0 aliphatic carbocycles. The predicted octanol–water partition coefficient (Wildman–Crippen LogP) is 3.51. The molecule has 14 heavy (non-hydrogen) atoms. The molecule has 0 aliphatic rings. The van der Waals surface area contributed by atoms with Gasteiger partial charge in [-0.1, -0.05) is 39.7 Å². The van der Waals surface area contributed by atoms with Gasteiger partial charge >= 0.3 is 0 Å². The summed E-state index contributed by atoms with van der Waals surface area (Å²) in [7, 11) is 0. The average Bonchev–Trinajstić information content (AvgIpc) is 2.11. The molecule has 0 saturated heterocycles. The third-order valence-corrected chi connectivity index (χ3v) is 3.18. The molecule has 1 aromatic rings. The summed E-state index contributed by atoms with van der Waals surface area (Å²) in [6.07, 6.45) is 2.13. The van der Waals surface area contributed by atoms with E-state index in [1.807, 2.05) is 6.92 Å². The molecule has 0 aromatic heterocycles. The van der Waals surface area contributed by atoms with Crippen molar-refractivity contribution in [2.24, 2.45) is 5.73 Å². The summed E-state index contributed by atoms with van der Waals surface area (Å²) in [5, 5.41) is 0. The van der Waals surface area contributed by atoms with Crippen LogP contribution in [0.15, 0.2) is 28.2 Å². The van der Waals surface area contributed by atoms with E-state index in [1.54, 1.807) is 0 Å². The van der Waals surface area contributed by atoms with Crippen molar-refractivity contribution in [1.82, 2.24) is 0 Å². The van der Waals surface area contributed by atoms with Crippen molar-refractivity contribution >= 4 is 22.0 Å². The maximum Gasteiger partial charge on any atom is 0.0225 e. The fourth-order valence-electron chi connectivity index (χ4n) is 1.15. The van der Waals surface area contributed by atoms with E-state index in [1.165, 1.54) is 16.7 Å². The van der Waals surface area contributed by atoms with E-state index in [0.29, 0.717) is 0 Å². The normalized spacial score (nSPS) is 14.2. The summed E-state index contributed by atoms with van der Waals surface area (Å²) >= 11 is 3.48. The van der Waals surface area contributed by atoms with Gasteiger partial charge in [0.15, 0.2) is 0 Å². The Hall–Kier alpha value is -0.600. The highest BCUT2D eigenvalue weighted by Crippen LogP contribution is 2.19. The van der Waals surface area contributed by atoms with E-state index < -0.39 is 0 Å². The van der Waals surface area contributed by atoms with Crippen LogP contribution in [0.3, 0.4) is 0 Å². The van der Waals surface area contributed by atoms with Gasteiger partial charge in [0, 0.05) is 10.5 Å². The Morgan fingerprint density at radius 3 is 2.64 bits per heavy atom. The Bertz CT molecular complexity index is 353. The van der Waals surface area contributed by atoms with Gasteiger partial charge in [0.2, 0.25) is 0 Å². The fraction of sp³-hybridized carbons (Fsp3) is 0.333. The van der Waals surface area contributed by atoms with Gasteiger partial charge in [-0.2, -0.15) is 0 Å². The minimum atomic E-state index is 0.124. The van der Waals surface area contributed by atoms with Gasteiger partial charge < -0.3 is 5.73 Å². The number of hydrogen-bond donors (Lipinski definition) is 1. The first-order valence-corrected chi connectivity index (χ1v) is 5.50. The molecular weight excluding hydrogens is 238 g/mol. The Kier molecular flexibility index (Phi) is 3.90. The molecule has 0 fully saturated rings. The summed E-state index contributed by atoms with van der Waals surface area (Å²) in [6, 6.07) is 6.42. The van der Waals surface area contributed by atoms with E-state index in [4.69, 9.17) is 5.73 Å². The quantitative estimate of drug-likeness (QED) is 0.858. The summed E-state index contributed by atoms with van der Waals surface area (Å²) in [6.45, 7) is 6.14. The predicted molar refractivity (Wildman–Crippen MR) is 66.2 cm³/mol. The lowest BCUT2D eigenvalue weighted by molar-refractivity contribution is 0.868. The van der Waals surface area contributed by atoms with Gasteiger partial charge in [0.1, 0.15) is 0 Å². The van der Waals surface area contributed by atoms with Crippen molar-refractivity contribution in [2.75, 3.05) is 0 Å². The number of hydrogen-bond acceptors (Lipinski definition) is 1. The van der Waals surface area contributed by atoms with Crippen LogP contribution in [0.2, 0.25) is 0 Å². The second-order valence-corrected chi connectivity index (χ2v) is 4.54. The number of aryl methyl sites for hydroxylation is 1. The highest BCUT2D eigenvalue weighted by molar-refractivity contribution is 9.10. The van der Waals surface area contributed by atoms with E-state index in [2.05, 4.69) is 54.1 Å². The summed E-state index contributed by atoms with van der Waals surface area (Å²) in [4.78, 5) is 0. The summed E-state index contributed by atoms with van der Waals surface area (Å²) < 4.78 is 1.15. The molecule has 1 unspecified atom stereocenters. The van der Waals surface area contributed by atoms with Crippen molar-refractivity contribution in [2.45, 2.75) is 26.8 Å². The largest absolute Gasteiger partial charge is 0.324 e. The minimum Gasteiger partial charge on any atom is -0.324 e. The van der Waals surface area contributed by atoms with Gasteiger partial charge in [-0.25, -0.2) is 0 Å². The van der Waals surface area contributed by atoms with Gasteiger partial charge in [-0.05, 0) is 38.0 Å². The zero-order valence-electron chi connectivity index (χ0n) is 8.84. The topological polar surface area (TPSA) is 26.0 Å². The minimum absolute atomic E-state index is 0.124. The van der Waals surface area contributed by atoms with Gasteiger partial charge in [-0.3, -0.25) is 0 Å². The second kappa shape index (κ2) is 4.76. The zero-order chi connectivity index (χ0) is 10.7. The average molecular weight is 254 g/mol. The van der Waals surface area contributed by atoms with Crippen molar-refractivity contribution in [1.29, 1.82) is 0 Å². The number of benzene rings is 1. The first-order chi connectivity index (χ1) is 6.50. The van der Waals surface area contributed by atoms with E-state index in [-0.39, 0.29) is 6.04 Å². The Balaban J connectivity index is 2.98. The van der Waals surface area contributed by atoms with Gasteiger partial charge in [0.25, 0.3) is 0 Å². The molecular formula is C12H16BrN. The van der Waals surface area contributed by atoms with Crippen LogP contribution >= 0.6 is 15.9 Å². The monoisotopic (exact) mass is 253 g/mol. The van der Waals surface area contributed by atoms with Crippen LogP contribution in [0, 0.1) is 6.92 Å². The molecule has 0 radical (unpaired) electrons. The van der Waals surface area contributed by atoms with Crippen molar-refractivity contribution in [3.8, 4) is 0 Å². The van der Waals surface area contributed by atoms with Crippen molar-refractivity contribution in [3.63, 3.8) is 0 Å². The molecule has 0 bridgehead atoms. The summed E-state index contributed by atoms with van der Waals surface area (Å²) in [5.41, 5.74) is 9.43. The molecule has 0 spiro atoms. The van der Waals surface area contributed by atoms with Crippen LogP contribution in [0.25, 0.3) is 6.08 Å². The number of nitrogens with two attached hydrogens (primary N) is 1. The van der Waals surface area contributed by atoms with Crippen molar-refractivity contribution in [3.05, 3.63) is 39.4 Å². The highest BCUT2D eigenvalue weighted by Gasteiger charge is 1.98. The number of halogens is 1. The Labute approximate surface area is 94.1 Å². The van der Waals surface area contributed by atoms with Gasteiger partial charge in [0.05, 0.1) is 0 Å². The maximum absolute atomic E-state index is 5.77. The lowest BCUT2D eigenvalue weighted by Gasteiger charge is -2.06. The third-order valence-electron chi connectivity index (χ3n) is 2.29. The second-order valence-electron chi connectivity index (χ2n) is 3.69. The first kappa shape index (κ1) is 11.5. The Morgan fingerprint density at radius 1 is 1.50 bits per heavy atom. The van der Waals surface area contributed by atoms with Crippen LogP contribution in [0.4, 0.5) is 0 Å². The zero-order valence-corrected chi connectivity index (χ0v) is 10.4. The standard InChI is InChI=1S/C12H16BrN/c1-8(10(3)14)6-11-4-5-12(13)9(2)7-11/h4-7,10H,14H2,1-3H3/b8-6+. The maximum atomic E-state index is 5.77. The molecule has 2 N–H and O–H groups in total. The molecule has 0 aliphatic heterocycles. The lowest BCUT2D eigenvalue weighted by atomic mass is 10.1.